The molecule has 0 aliphatic heterocycles. The zero-order valence-electron chi connectivity index (χ0n) is 22.7. The van der Waals surface area contributed by atoms with E-state index in [4.69, 9.17) is 18.6 Å². The molecule has 0 spiro atoms. The largest absolute Gasteiger partial charge is 0.493 e. The molecule has 0 atom stereocenters. The van der Waals surface area contributed by atoms with E-state index in [1.807, 2.05) is 0 Å². The van der Waals surface area contributed by atoms with Crippen molar-refractivity contribution in [3.63, 3.8) is 0 Å². The minimum Gasteiger partial charge on any atom is -0.493 e. The Bertz CT molecular complexity index is 1440. The molecular formula is C31H30F3NO5. The van der Waals surface area contributed by atoms with Gasteiger partial charge in [0.2, 0.25) is 5.89 Å². The van der Waals surface area contributed by atoms with Gasteiger partial charge in [0, 0.05) is 12.0 Å². The smallest absolute Gasteiger partial charge is 0.417 e. The second-order valence-corrected chi connectivity index (χ2v) is 9.55. The molecule has 0 radical (unpaired) electrons. The number of nitrogens with zero attached hydrogens (tertiary/aromatic N) is 1. The van der Waals surface area contributed by atoms with Crippen LogP contribution in [0.15, 0.2) is 77.2 Å². The standard InChI is InChI=1S/C31H30F3NO5/c1-5-37-29(36)30(3,4)40-24-16-14-23(15-17-24)38-19-18-27-20(2)39-28(35-27)22-12-10-21(11-13-22)25-8-6-7-9-26(25)31(32,33)34/h6-17H,5,18-19H2,1-4H3. The third kappa shape index (κ3) is 6.83. The molecule has 1 heterocycles. The highest BCUT2D eigenvalue weighted by Crippen LogP contribution is 2.37. The quantitative estimate of drug-likeness (QED) is 0.188. The lowest BCUT2D eigenvalue weighted by Gasteiger charge is -2.24. The number of alkyl halides is 3. The predicted molar refractivity (Wildman–Crippen MR) is 144 cm³/mol. The molecule has 0 bridgehead atoms. The molecule has 9 heteroatoms. The van der Waals surface area contributed by atoms with E-state index in [0.717, 1.165) is 11.8 Å². The molecule has 0 aliphatic rings. The third-order valence-corrected chi connectivity index (χ3v) is 6.14. The number of esters is 1. The number of hydrogen-bond acceptors (Lipinski definition) is 6. The molecule has 0 N–H and O–H groups in total. The van der Waals surface area contributed by atoms with Gasteiger partial charge < -0.3 is 18.6 Å². The van der Waals surface area contributed by atoms with Crippen molar-refractivity contribution < 1.29 is 36.6 Å². The molecule has 0 fully saturated rings. The average molecular weight is 554 g/mol. The van der Waals surface area contributed by atoms with E-state index in [1.165, 1.54) is 12.1 Å². The normalized spacial score (nSPS) is 11.8. The molecule has 0 amide bonds. The Balaban J connectivity index is 1.36. The van der Waals surface area contributed by atoms with Crippen molar-refractivity contribution in [2.45, 2.75) is 45.9 Å². The number of benzene rings is 3. The van der Waals surface area contributed by atoms with Gasteiger partial charge in [-0.2, -0.15) is 13.2 Å². The molecule has 0 unspecified atom stereocenters. The Morgan fingerprint density at radius 3 is 2.17 bits per heavy atom. The highest BCUT2D eigenvalue weighted by molar-refractivity contribution is 5.79. The van der Waals surface area contributed by atoms with E-state index in [2.05, 4.69) is 4.98 Å². The zero-order valence-corrected chi connectivity index (χ0v) is 22.7. The van der Waals surface area contributed by atoms with Crippen molar-refractivity contribution in [1.82, 2.24) is 4.98 Å². The van der Waals surface area contributed by atoms with Gasteiger partial charge in [-0.3, -0.25) is 0 Å². The van der Waals surface area contributed by atoms with Gasteiger partial charge in [0.25, 0.3) is 0 Å². The Hall–Kier alpha value is -4.27. The summed E-state index contributed by atoms with van der Waals surface area (Å²) in [5.74, 6) is 1.71. The minimum atomic E-state index is -4.44. The molecule has 6 nitrogen and oxygen atoms in total. The molecule has 1 aromatic heterocycles. The summed E-state index contributed by atoms with van der Waals surface area (Å²) >= 11 is 0. The third-order valence-electron chi connectivity index (χ3n) is 6.14. The predicted octanol–water partition coefficient (Wildman–Crippen LogP) is 7.68. The van der Waals surface area contributed by atoms with Crippen LogP contribution in [-0.2, 0) is 22.1 Å². The first-order valence-corrected chi connectivity index (χ1v) is 12.8. The van der Waals surface area contributed by atoms with Crippen LogP contribution in [-0.4, -0.2) is 29.8 Å². The van der Waals surface area contributed by atoms with Gasteiger partial charge in [0.15, 0.2) is 5.60 Å². The number of ether oxygens (including phenoxy) is 3. The van der Waals surface area contributed by atoms with Gasteiger partial charge in [-0.05, 0) is 81.3 Å². The Morgan fingerprint density at radius 1 is 0.900 bits per heavy atom. The average Bonchev–Trinajstić information content (AvgIpc) is 3.29. The van der Waals surface area contributed by atoms with Crippen LogP contribution in [0, 0.1) is 6.92 Å². The van der Waals surface area contributed by atoms with E-state index in [9.17, 15) is 18.0 Å². The lowest BCUT2D eigenvalue weighted by molar-refractivity contribution is -0.158. The molecule has 0 aliphatic carbocycles. The first-order chi connectivity index (χ1) is 19.0. The number of aromatic nitrogens is 1. The summed E-state index contributed by atoms with van der Waals surface area (Å²) in [5.41, 5.74) is 0.149. The number of oxazole rings is 1. The molecule has 40 heavy (non-hydrogen) atoms. The van der Waals surface area contributed by atoms with Crippen LogP contribution in [0.4, 0.5) is 13.2 Å². The number of rotatable bonds is 10. The summed E-state index contributed by atoms with van der Waals surface area (Å²) in [5, 5.41) is 0. The maximum atomic E-state index is 13.4. The van der Waals surface area contributed by atoms with Crippen molar-refractivity contribution in [2.75, 3.05) is 13.2 Å². The Kier molecular flexibility index (Phi) is 8.52. The summed E-state index contributed by atoms with van der Waals surface area (Å²) in [6.45, 7) is 7.45. The van der Waals surface area contributed by atoms with Gasteiger partial charge in [-0.1, -0.05) is 30.3 Å². The van der Waals surface area contributed by atoms with E-state index in [-0.39, 0.29) is 12.2 Å². The summed E-state index contributed by atoms with van der Waals surface area (Å²) < 4.78 is 62.7. The molecule has 0 saturated carbocycles. The van der Waals surface area contributed by atoms with Gasteiger partial charge in [0.1, 0.15) is 17.3 Å². The van der Waals surface area contributed by atoms with Gasteiger partial charge in [-0.15, -0.1) is 0 Å². The summed E-state index contributed by atoms with van der Waals surface area (Å²) in [4.78, 5) is 16.6. The van der Waals surface area contributed by atoms with Crippen LogP contribution in [0.25, 0.3) is 22.6 Å². The fourth-order valence-electron chi connectivity index (χ4n) is 4.07. The van der Waals surface area contributed by atoms with Crippen LogP contribution in [0.1, 0.15) is 37.8 Å². The van der Waals surface area contributed by atoms with Gasteiger partial charge in [-0.25, -0.2) is 9.78 Å². The Labute approximate surface area is 230 Å². The number of hydrogen-bond donors (Lipinski definition) is 0. The molecule has 3 aromatic carbocycles. The first-order valence-electron chi connectivity index (χ1n) is 12.8. The number of halogens is 3. The van der Waals surface area contributed by atoms with Gasteiger partial charge >= 0.3 is 12.1 Å². The van der Waals surface area contributed by atoms with Crippen LogP contribution in [0.5, 0.6) is 11.5 Å². The van der Waals surface area contributed by atoms with Crippen molar-refractivity contribution in [2.24, 2.45) is 0 Å². The minimum absolute atomic E-state index is 0.116. The van der Waals surface area contributed by atoms with Crippen LogP contribution in [0.3, 0.4) is 0 Å². The second-order valence-electron chi connectivity index (χ2n) is 9.55. The molecule has 210 valence electrons. The molecule has 0 saturated heterocycles. The topological polar surface area (TPSA) is 70.8 Å². The van der Waals surface area contributed by atoms with E-state index < -0.39 is 23.3 Å². The molecule has 4 rings (SSSR count). The summed E-state index contributed by atoms with van der Waals surface area (Å²) in [7, 11) is 0. The van der Waals surface area contributed by atoms with E-state index in [1.54, 1.807) is 82.3 Å². The van der Waals surface area contributed by atoms with Crippen LogP contribution >= 0.6 is 0 Å². The van der Waals surface area contributed by atoms with Crippen molar-refractivity contribution in [3.8, 4) is 34.1 Å². The first kappa shape index (κ1) is 28.7. The maximum absolute atomic E-state index is 13.4. The molecular weight excluding hydrogens is 523 g/mol. The fraction of sp³-hybridized carbons (Fsp3) is 0.290. The fourth-order valence-corrected chi connectivity index (χ4v) is 4.07. The lowest BCUT2D eigenvalue weighted by Crippen LogP contribution is -2.39. The lowest BCUT2D eigenvalue weighted by atomic mass is 9.98. The maximum Gasteiger partial charge on any atom is 0.417 e. The SMILES string of the molecule is CCOC(=O)C(C)(C)Oc1ccc(OCCc2nc(-c3ccc(-c4ccccc4C(F)(F)F)cc3)oc2C)cc1. The molecule has 4 aromatic rings. The highest BCUT2D eigenvalue weighted by atomic mass is 19.4. The van der Waals surface area contributed by atoms with E-state index in [0.29, 0.717) is 47.3 Å². The van der Waals surface area contributed by atoms with Crippen molar-refractivity contribution in [1.29, 1.82) is 0 Å². The van der Waals surface area contributed by atoms with Crippen molar-refractivity contribution in [3.05, 3.63) is 89.8 Å². The van der Waals surface area contributed by atoms with Crippen LogP contribution < -0.4 is 9.47 Å². The number of aryl methyl sites for hydroxylation is 1. The number of carbonyl (C=O) groups excluding carboxylic acids is 1. The Morgan fingerprint density at radius 2 is 1.52 bits per heavy atom. The van der Waals surface area contributed by atoms with Gasteiger partial charge in [0.05, 0.1) is 24.5 Å². The second kappa shape index (κ2) is 11.9. The zero-order chi connectivity index (χ0) is 28.9. The highest BCUT2D eigenvalue weighted by Gasteiger charge is 2.33. The number of carbonyl (C=O) groups is 1. The summed E-state index contributed by atoms with van der Waals surface area (Å²) in [6, 6.07) is 19.1. The van der Waals surface area contributed by atoms with E-state index >= 15 is 0 Å². The van der Waals surface area contributed by atoms with Crippen molar-refractivity contribution >= 4 is 5.97 Å². The van der Waals surface area contributed by atoms with Crippen LogP contribution in [0.2, 0.25) is 0 Å². The summed E-state index contributed by atoms with van der Waals surface area (Å²) in [6.07, 6.45) is -3.96. The monoisotopic (exact) mass is 553 g/mol.